The second kappa shape index (κ2) is 23.0. The Morgan fingerprint density at radius 2 is 1.69 bits per heavy atom. The molecule has 1 N–H and O–H groups in total. The summed E-state index contributed by atoms with van der Waals surface area (Å²) in [6.07, 6.45) is 10.4. The molecule has 0 radical (unpaired) electrons. The Morgan fingerprint density at radius 1 is 1.25 bits per heavy atom. The van der Waals surface area contributed by atoms with Gasteiger partial charge in [0.05, 0.1) is 6.07 Å². The largest absolute Gasteiger partial charge is 0.478 e. The van der Waals surface area contributed by atoms with Gasteiger partial charge in [-0.15, -0.1) is 0 Å². The molecule has 0 saturated carbocycles. The molecule has 0 amide bonds. The molecule has 0 aromatic rings. The standard InChI is InChI=1S/C6H8O2.C4H6.C3H3N/c1-2-3-4-5-6(7)8;1-3-4-2;1-2-3-4/h2-5H,1H3,(H,7,8);3-4H,1-2H2;2H,1H2/b3-2+,5-4+;;. The Kier molecular flexibility index (Phi) is 27.6. The smallest absolute Gasteiger partial charge is 0.328 e. The monoisotopic (exact) mass is 219 g/mol. The lowest BCUT2D eigenvalue weighted by molar-refractivity contribution is -0.131. The first-order valence-corrected chi connectivity index (χ1v) is 4.36. The lowest BCUT2D eigenvalue weighted by Gasteiger charge is -1.72. The predicted octanol–water partition coefficient (Wildman–Crippen LogP) is 3.26. The zero-order chi connectivity index (χ0) is 13.2. The number of aliphatic carboxylic acids is 1. The molecule has 0 aliphatic heterocycles. The molecule has 0 rings (SSSR count). The van der Waals surface area contributed by atoms with Gasteiger partial charge in [-0.05, 0) is 6.92 Å². The summed E-state index contributed by atoms with van der Waals surface area (Å²) >= 11 is 0. The Hall–Kier alpha value is -2.34. The van der Waals surface area contributed by atoms with Crippen molar-refractivity contribution < 1.29 is 9.90 Å². The molecular formula is C13H17NO2. The molecule has 3 heteroatoms. The van der Waals surface area contributed by atoms with Gasteiger partial charge in [0, 0.05) is 12.2 Å². The Labute approximate surface area is 97.0 Å². The topological polar surface area (TPSA) is 61.1 Å². The van der Waals surface area contributed by atoms with Gasteiger partial charge in [-0.2, -0.15) is 5.26 Å². The van der Waals surface area contributed by atoms with Crippen molar-refractivity contribution in [1.29, 1.82) is 5.26 Å². The van der Waals surface area contributed by atoms with Gasteiger partial charge in [0.1, 0.15) is 0 Å². The van der Waals surface area contributed by atoms with Crippen molar-refractivity contribution in [3.05, 3.63) is 62.3 Å². The van der Waals surface area contributed by atoms with Crippen LogP contribution in [0.4, 0.5) is 0 Å². The quantitative estimate of drug-likeness (QED) is 0.450. The lowest BCUT2D eigenvalue weighted by atomic mass is 10.4. The maximum absolute atomic E-state index is 9.75. The number of rotatable bonds is 3. The summed E-state index contributed by atoms with van der Waals surface area (Å²) in [6.45, 7) is 11.7. The van der Waals surface area contributed by atoms with E-state index in [-0.39, 0.29) is 0 Å². The van der Waals surface area contributed by atoms with Gasteiger partial charge in [-0.1, -0.05) is 50.1 Å². The third kappa shape index (κ3) is 61.0. The maximum atomic E-state index is 9.75. The zero-order valence-electron chi connectivity index (χ0n) is 9.47. The molecule has 0 bridgehead atoms. The molecule has 16 heavy (non-hydrogen) atoms. The Morgan fingerprint density at radius 3 is 1.88 bits per heavy atom. The van der Waals surface area contributed by atoms with Crippen LogP contribution in [0.3, 0.4) is 0 Å². The van der Waals surface area contributed by atoms with Gasteiger partial charge >= 0.3 is 5.97 Å². The van der Waals surface area contributed by atoms with E-state index in [0.717, 1.165) is 6.08 Å². The van der Waals surface area contributed by atoms with Crippen molar-refractivity contribution >= 4 is 5.97 Å². The van der Waals surface area contributed by atoms with E-state index in [1.165, 1.54) is 12.2 Å². The van der Waals surface area contributed by atoms with Crippen LogP contribution in [0.5, 0.6) is 0 Å². The summed E-state index contributed by atoms with van der Waals surface area (Å²) < 4.78 is 0. The average molecular weight is 219 g/mol. The highest BCUT2D eigenvalue weighted by molar-refractivity contribution is 5.80. The molecule has 0 aromatic heterocycles. The first kappa shape index (κ1) is 19.3. The van der Waals surface area contributed by atoms with Crippen molar-refractivity contribution in [3.8, 4) is 6.07 Å². The van der Waals surface area contributed by atoms with Gasteiger partial charge in [-0.3, -0.25) is 0 Å². The van der Waals surface area contributed by atoms with Gasteiger partial charge in [-0.25, -0.2) is 4.79 Å². The molecule has 86 valence electrons. The van der Waals surface area contributed by atoms with Crippen molar-refractivity contribution in [2.45, 2.75) is 6.92 Å². The molecule has 0 aliphatic carbocycles. The summed E-state index contributed by atoms with van der Waals surface area (Å²) in [7, 11) is 0. The van der Waals surface area contributed by atoms with Crippen molar-refractivity contribution in [1.82, 2.24) is 0 Å². The number of hydrogen-bond acceptors (Lipinski definition) is 2. The van der Waals surface area contributed by atoms with Crippen LogP contribution in [0.2, 0.25) is 0 Å². The van der Waals surface area contributed by atoms with Gasteiger partial charge < -0.3 is 5.11 Å². The molecule has 0 fully saturated rings. The highest BCUT2D eigenvalue weighted by Crippen LogP contribution is 1.74. The molecule has 0 aromatic carbocycles. The second-order valence-corrected chi connectivity index (χ2v) is 2.03. The highest BCUT2D eigenvalue weighted by Gasteiger charge is 1.78. The minimum absolute atomic E-state index is 0.914. The van der Waals surface area contributed by atoms with Crippen LogP contribution in [-0.2, 0) is 4.79 Å². The van der Waals surface area contributed by atoms with Crippen LogP contribution >= 0.6 is 0 Å². The van der Waals surface area contributed by atoms with Crippen molar-refractivity contribution in [2.24, 2.45) is 0 Å². The fraction of sp³-hybridized carbons (Fsp3) is 0.0769. The summed E-state index contributed by atoms with van der Waals surface area (Å²) in [6, 6.07) is 1.69. The number of carboxylic acid groups (broad SMARTS) is 1. The van der Waals surface area contributed by atoms with E-state index >= 15 is 0 Å². The maximum Gasteiger partial charge on any atom is 0.328 e. The van der Waals surface area contributed by atoms with Crippen molar-refractivity contribution in [2.75, 3.05) is 0 Å². The molecule has 0 saturated heterocycles. The second-order valence-electron chi connectivity index (χ2n) is 2.03. The van der Waals surface area contributed by atoms with Crippen molar-refractivity contribution in [3.63, 3.8) is 0 Å². The van der Waals surface area contributed by atoms with Crippen LogP contribution in [-0.4, -0.2) is 11.1 Å². The summed E-state index contributed by atoms with van der Waals surface area (Å²) in [5.74, 6) is -0.914. The predicted molar refractivity (Wildman–Crippen MR) is 67.8 cm³/mol. The first-order chi connectivity index (χ1) is 7.60. The molecule has 0 heterocycles. The molecule has 0 atom stereocenters. The summed E-state index contributed by atoms with van der Waals surface area (Å²) in [5.41, 5.74) is 0. The third-order valence-electron chi connectivity index (χ3n) is 0.800. The number of nitrogens with zero attached hydrogens (tertiary/aromatic N) is 1. The summed E-state index contributed by atoms with van der Waals surface area (Å²) in [5, 5.41) is 15.5. The Balaban J connectivity index is -0.000000179. The summed E-state index contributed by atoms with van der Waals surface area (Å²) in [4.78, 5) is 9.75. The zero-order valence-corrected chi connectivity index (χ0v) is 9.47. The van der Waals surface area contributed by atoms with Crippen LogP contribution in [0.25, 0.3) is 0 Å². The number of carboxylic acids is 1. The number of hydrogen-bond donors (Lipinski definition) is 1. The number of carbonyl (C=O) groups is 1. The van der Waals surface area contributed by atoms with Gasteiger partial charge in [0.25, 0.3) is 0 Å². The van der Waals surface area contributed by atoms with Crippen LogP contribution in [0.1, 0.15) is 6.92 Å². The van der Waals surface area contributed by atoms with E-state index in [4.69, 9.17) is 10.4 Å². The SMILES string of the molecule is C/C=C/C=C/C(=O)O.C=CC#N.C=CC=C. The molecule has 0 unspecified atom stereocenters. The molecular weight excluding hydrogens is 202 g/mol. The van der Waals surface area contributed by atoms with Gasteiger partial charge in [0.2, 0.25) is 0 Å². The normalized spacial score (nSPS) is 7.75. The van der Waals surface area contributed by atoms with Crippen LogP contribution in [0, 0.1) is 11.3 Å². The third-order valence-corrected chi connectivity index (χ3v) is 0.800. The average Bonchev–Trinajstić information content (AvgIpc) is 2.30. The number of nitriles is 1. The molecule has 3 nitrogen and oxygen atoms in total. The number of allylic oxidation sites excluding steroid dienone is 6. The fourth-order valence-electron chi connectivity index (χ4n) is 0.249. The molecule has 0 aliphatic rings. The fourth-order valence-corrected chi connectivity index (χ4v) is 0.249. The van der Waals surface area contributed by atoms with E-state index < -0.39 is 5.97 Å². The van der Waals surface area contributed by atoms with Gasteiger partial charge in [0.15, 0.2) is 0 Å². The van der Waals surface area contributed by atoms with E-state index in [1.54, 1.807) is 30.4 Å². The van der Waals surface area contributed by atoms with E-state index in [2.05, 4.69) is 19.7 Å². The van der Waals surface area contributed by atoms with Crippen LogP contribution < -0.4 is 0 Å². The minimum Gasteiger partial charge on any atom is -0.478 e. The van der Waals surface area contributed by atoms with E-state index in [1.807, 2.05) is 6.92 Å². The van der Waals surface area contributed by atoms with E-state index in [9.17, 15) is 4.79 Å². The van der Waals surface area contributed by atoms with Crippen LogP contribution in [0.15, 0.2) is 62.3 Å². The highest BCUT2D eigenvalue weighted by atomic mass is 16.4. The van der Waals surface area contributed by atoms with E-state index in [0.29, 0.717) is 0 Å². The molecule has 0 spiro atoms. The first-order valence-electron chi connectivity index (χ1n) is 4.36. The minimum atomic E-state index is -0.914. The Bertz CT molecular complexity index is 288. The lowest BCUT2D eigenvalue weighted by Crippen LogP contribution is -1.83.